The molecule has 1 fully saturated rings. The molecule has 0 N–H and O–H groups in total. The molecule has 0 aromatic carbocycles. The Morgan fingerprint density at radius 2 is 2.44 bits per heavy atom. The van der Waals surface area contributed by atoms with Crippen molar-refractivity contribution < 1.29 is 4.74 Å². The van der Waals surface area contributed by atoms with Gasteiger partial charge in [-0.15, -0.1) is 14.8 Å². The van der Waals surface area contributed by atoms with Gasteiger partial charge in [0.25, 0.3) is 0 Å². The molecule has 6 nitrogen and oxygen atoms in total. The minimum Gasteiger partial charge on any atom is -0.377 e. The smallest absolute Gasteiger partial charge is 0.200 e. The predicted molar refractivity (Wildman–Crippen MR) is 58.3 cm³/mol. The van der Waals surface area contributed by atoms with Crippen LogP contribution in [0.15, 0.2) is 17.2 Å². The molecule has 0 aliphatic carbocycles. The second-order valence-electron chi connectivity index (χ2n) is 3.72. The zero-order valence-electron chi connectivity index (χ0n) is 8.78. The summed E-state index contributed by atoms with van der Waals surface area (Å²) in [6, 6.07) is 3.82. The van der Waals surface area contributed by atoms with Crippen LogP contribution in [0.1, 0.15) is 13.3 Å². The van der Waals surface area contributed by atoms with Gasteiger partial charge in [0.1, 0.15) is 5.03 Å². The van der Waals surface area contributed by atoms with Gasteiger partial charge in [-0.25, -0.2) is 0 Å². The van der Waals surface area contributed by atoms with Crippen molar-refractivity contribution in [3.63, 3.8) is 0 Å². The molecule has 0 saturated carbocycles. The molecule has 0 spiro atoms. The third-order valence-corrected chi connectivity index (χ3v) is 4.00. The largest absolute Gasteiger partial charge is 0.377 e. The van der Waals surface area contributed by atoms with E-state index in [4.69, 9.17) is 4.74 Å². The van der Waals surface area contributed by atoms with E-state index in [1.807, 2.05) is 12.1 Å². The molecule has 0 unspecified atom stereocenters. The maximum absolute atomic E-state index is 5.51. The Labute approximate surface area is 96.4 Å². The average molecular weight is 237 g/mol. The minimum absolute atomic E-state index is 0.288. The zero-order valence-corrected chi connectivity index (χ0v) is 9.59. The van der Waals surface area contributed by atoms with E-state index in [0.29, 0.717) is 10.9 Å². The summed E-state index contributed by atoms with van der Waals surface area (Å²) in [5, 5.41) is 16.9. The minimum atomic E-state index is 0.288. The number of hydrogen-bond acceptors (Lipinski definition) is 6. The molecule has 7 heteroatoms. The van der Waals surface area contributed by atoms with Crippen molar-refractivity contribution in [3.8, 4) is 0 Å². The summed E-state index contributed by atoms with van der Waals surface area (Å²) in [6.07, 6.45) is 1.36. The van der Waals surface area contributed by atoms with Crippen LogP contribution in [0.5, 0.6) is 0 Å². The molecular formula is C9H11N5OS. The molecule has 84 valence electrons. The lowest BCUT2D eigenvalue weighted by Crippen LogP contribution is -2.13. The first-order valence-corrected chi connectivity index (χ1v) is 6.04. The van der Waals surface area contributed by atoms with Crippen molar-refractivity contribution in [1.82, 2.24) is 25.3 Å². The zero-order chi connectivity index (χ0) is 11.0. The van der Waals surface area contributed by atoms with E-state index in [0.717, 1.165) is 18.1 Å². The molecule has 1 aliphatic heterocycles. The van der Waals surface area contributed by atoms with Crippen molar-refractivity contribution in [3.05, 3.63) is 12.1 Å². The lowest BCUT2D eigenvalue weighted by atomic mass is 10.3. The second-order valence-corrected chi connectivity index (χ2v) is 4.98. The number of hydrogen-bond donors (Lipinski definition) is 0. The van der Waals surface area contributed by atoms with E-state index in [2.05, 4.69) is 27.5 Å². The van der Waals surface area contributed by atoms with Crippen LogP contribution >= 0.6 is 11.8 Å². The standard InChI is InChI=1S/C9H11N5OS/c1-6-7(4-5-15-6)16-9-3-2-8-10-12-13-14(8)11-9/h2-3,6-7H,4-5H2,1H3/t6-,7+/m1/s1. The molecule has 3 rings (SSSR count). The van der Waals surface area contributed by atoms with Crippen LogP contribution in [0.3, 0.4) is 0 Å². The van der Waals surface area contributed by atoms with Crippen molar-refractivity contribution in [1.29, 1.82) is 0 Å². The van der Waals surface area contributed by atoms with E-state index in [9.17, 15) is 0 Å². The highest BCUT2D eigenvalue weighted by molar-refractivity contribution is 7.99. The second kappa shape index (κ2) is 3.99. The first-order chi connectivity index (χ1) is 7.83. The van der Waals surface area contributed by atoms with Gasteiger partial charge in [-0.1, -0.05) is 11.8 Å². The highest BCUT2D eigenvalue weighted by atomic mass is 32.2. The number of ether oxygens (including phenoxy) is 1. The maximum Gasteiger partial charge on any atom is 0.200 e. The number of fused-ring (bicyclic) bond motifs is 1. The quantitative estimate of drug-likeness (QED) is 0.769. The molecule has 0 amide bonds. The number of tetrazole rings is 1. The van der Waals surface area contributed by atoms with E-state index < -0.39 is 0 Å². The van der Waals surface area contributed by atoms with Gasteiger partial charge in [0.05, 0.1) is 6.10 Å². The van der Waals surface area contributed by atoms with Gasteiger partial charge in [0, 0.05) is 11.9 Å². The number of nitrogens with zero attached hydrogens (tertiary/aromatic N) is 5. The van der Waals surface area contributed by atoms with Crippen molar-refractivity contribution in [2.24, 2.45) is 0 Å². The first kappa shape index (κ1) is 9.98. The Morgan fingerprint density at radius 1 is 1.50 bits per heavy atom. The molecule has 16 heavy (non-hydrogen) atoms. The van der Waals surface area contributed by atoms with Crippen LogP contribution in [0, 0.1) is 0 Å². The van der Waals surface area contributed by atoms with Crippen LogP contribution in [0.2, 0.25) is 0 Å². The van der Waals surface area contributed by atoms with Crippen molar-refractivity contribution in [2.45, 2.75) is 29.7 Å². The first-order valence-electron chi connectivity index (χ1n) is 5.16. The van der Waals surface area contributed by atoms with Gasteiger partial charge in [-0.2, -0.15) is 0 Å². The highest BCUT2D eigenvalue weighted by Crippen LogP contribution is 2.31. The summed E-state index contributed by atoms with van der Waals surface area (Å²) >= 11 is 1.73. The van der Waals surface area contributed by atoms with Crippen LogP contribution in [-0.2, 0) is 4.74 Å². The van der Waals surface area contributed by atoms with E-state index in [-0.39, 0.29) is 6.10 Å². The summed E-state index contributed by atoms with van der Waals surface area (Å²) in [5.41, 5.74) is 0.667. The monoisotopic (exact) mass is 237 g/mol. The van der Waals surface area contributed by atoms with E-state index >= 15 is 0 Å². The van der Waals surface area contributed by atoms with Gasteiger partial charge >= 0.3 is 0 Å². The van der Waals surface area contributed by atoms with Crippen LogP contribution in [0.4, 0.5) is 0 Å². The summed E-state index contributed by atoms with van der Waals surface area (Å²) in [6.45, 7) is 2.94. The summed E-state index contributed by atoms with van der Waals surface area (Å²) < 4.78 is 6.96. The van der Waals surface area contributed by atoms with Gasteiger partial charge in [-0.05, 0) is 35.9 Å². The fourth-order valence-electron chi connectivity index (χ4n) is 1.72. The maximum atomic E-state index is 5.51. The Bertz CT molecular complexity index is 501. The lowest BCUT2D eigenvalue weighted by molar-refractivity contribution is 0.127. The molecule has 2 aromatic heterocycles. The van der Waals surface area contributed by atoms with Crippen LogP contribution in [0.25, 0.3) is 5.65 Å². The van der Waals surface area contributed by atoms with Crippen molar-refractivity contribution >= 4 is 17.4 Å². The number of aromatic nitrogens is 5. The van der Waals surface area contributed by atoms with Gasteiger partial charge < -0.3 is 4.74 Å². The predicted octanol–water partition coefficient (Wildman–Crippen LogP) is 0.789. The van der Waals surface area contributed by atoms with Crippen LogP contribution < -0.4 is 0 Å². The highest BCUT2D eigenvalue weighted by Gasteiger charge is 2.25. The van der Waals surface area contributed by atoms with Crippen molar-refractivity contribution in [2.75, 3.05) is 6.61 Å². The molecule has 2 atom stereocenters. The Hall–Kier alpha value is -1.21. The van der Waals surface area contributed by atoms with E-state index in [1.165, 1.54) is 4.63 Å². The molecule has 2 aromatic rings. The normalized spacial score (nSPS) is 25.3. The molecule has 0 radical (unpaired) electrons. The molecule has 0 bridgehead atoms. The molecule has 1 saturated heterocycles. The van der Waals surface area contributed by atoms with E-state index in [1.54, 1.807) is 11.8 Å². The van der Waals surface area contributed by atoms with Gasteiger partial charge in [0.2, 0.25) is 0 Å². The average Bonchev–Trinajstić information content (AvgIpc) is 2.88. The van der Waals surface area contributed by atoms with Gasteiger partial charge in [0.15, 0.2) is 5.65 Å². The Morgan fingerprint density at radius 3 is 3.25 bits per heavy atom. The fraction of sp³-hybridized carbons (Fsp3) is 0.556. The Kier molecular flexibility index (Phi) is 2.49. The van der Waals surface area contributed by atoms with Gasteiger partial charge in [-0.3, -0.25) is 0 Å². The summed E-state index contributed by atoms with van der Waals surface area (Å²) in [7, 11) is 0. The lowest BCUT2D eigenvalue weighted by Gasteiger charge is -2.11. The summed E-state index contributed by atoms with van der Waals surface area (Å²) in [4.78, 5) is 0. The molecule has 3 heterocycles. The number of rotatable bonds is 2. The third-order valence-electron chi connectivity index (χ3n) is 2.62. The Balaban J connectivity index is 1.83. The molecular weight excluding hydrogens is 226 g/mol. The fourth-order valence-corrected chi connectivity index (χ4v) is 2.78. The SMILES string of the molecule is C[C@H]1OCC[C@@H]1Sc1ccc2nnnn2n1. The number of thioether (sulfide) groups is 1. The third kappa shape index (κ3) is 1.76. The summed E-state index contributed by atoms with van der Waals surface area (Å²) in [5.74, 6) is 0. The molecule has 1 aliphatic rings. The van der Waals surface area contributed by atoms with Crippen LogP contribution in [-0.4, -0.2) is 43.2 Å². The topological polar surface area (TPSA) is 65.2 Å².